The Bertz CT molecular complexity index is 1330. The monoisotopic (exact) mass is 543 g/mol. The molecule has 0 bridgehead atoms. The zero-order valence-electron chi connectivity index (χ0n) is 23.6. The second kappa shape index (κ2) is 13.0. The molecule has 0 radical (unpaired) electrons. The number of ether oxygens (including phenoxy) is 1. The molecule has 9 heteroatoms. The summed E-state index contributed by atoms with van der Waals surface area (Å²) < 4.78 is 5.17. The summed E-state index contributed by atoms with van der Waals surface area (Å²) in [5, 5.41) is 5.87. The number of amides is 4. The van der Waals surface area contributed by atoms with Crippen molar-refractivity contribution in [1.29, 1.82) is 0 Å². The summed E-state index contributed by atoms with van der Waals surface area (Å²) in [6.45, 7) is 9.25. The van der Waals surface area contributed by atoms with Crippen molar-refractivity contribution in [3.05, 3.63) is 83.4 Å². The predicted molar refractivity (Wildman–Crippen MR) is 159 cm³/mol. The highest BCUT2D eigenvalue weighted by atomic mass is 16.5. The van der Waals surface area contributed by atoms with Crippen LogP contribution in [-0.2, 0) is 0 Å². The van der Waals surface area contributed by atoms with Crippen LogP contribution in [0.2, 0.25) is 0 Å². The molecule has 0 spiro atoms. The molecule has 0 unspecified atom stereocenters. The van der Waals surface area contributed by atoms with Crippen molar-refractivity contribution in [2.24, 2.45) is 0 Å². The van der Waals surface area contributed by atoms with E-state index in [2.05, 4.69) is 15.5 Å². The Labute approximate surface area is 235 Å². The fraction of sp³-hybridized carbons (Fsp3) is 0.323. The molecule has 1 aliphatic rings. The van der Waals surface area contributed by atoms with Gasteiger partial charge in [-0.05, 0) is 75.4 Å². The third-order valence-electron chi connectivity index (χ3n) is 7.10. The minimum Gasteiger partial charge on any atom is -0.497 e. The maximum absolute atomic E-state index is 13.5. The standard InChI is InChI=1S/C31H37N5O4/c1-5-34(6-2)30(38)27-21-25(32-29(37)23-9-14-26(40-4)15-10-23)13-16-28(27)35-17-19-36(20-18-35)31(39)33-24-11-7-22(3)8-12-24/h7-16,21H,5-6,17-20H2,1-4H3,(H,32,37)(H,33,39). The van der Waals surface area contributed by atoms with Gasteiger partial charge in [0, 0.05) is 61.9 Å². The molecular formula is C31H37N5O4. The van der Waals surface area contributed by atoms with Crippen LogP contribution in [0.15, 0.2) is 66.7 Å². The Kier molecular flexibility index (Phi) is 9.27. The second-order valence-corrected chi connectivity index (χ2v) is 9.66. The molecule has 0 aliphatic carbocycles. The molecule has 0 saturated carbocycles. The summed E-state index contributed by atoms with van der Waals surface area (Å²) >= 11 is 0. The zero-order chi connectivity index (χ0) is 28.6. The topological polar surface area (TPSA) is 94.2 Å². The third kappa shape index (κ3) is 6.72. The number of carbonyl (C=O) groups is 3. The summed E-state index contributed by atoms with van der Waals surface area (Å²) in [5.41, 5.74) is 4.23. The van der Waals surface area contributed by atoms with E-state index in [1.807, 2.05) is 57.2 Å². The average molecular weight is 544 g/mol. The van der Waals surface area contributed by atoms with Gasteiger partial charge in [-0.1, -0.05) is 17.7 Å². The van der Waals surface area contributed by atoms with Crippen LogP contribution in [0.25, 0.3) is 0 Å². The van der Waals surface area contributed by atoms with Crippen LogP contribution in [0.5, 0.6) is 5.75 Å². The van der Waals surface area contributed by atoms with Gasteiger partial charge in [-0.25, -0.2) is 4.79 Å². The Hall–Kier alpha value is -4.53. The van der Waals surface area contributed by atoms with E-state index in [9.17, 15) is 14.4 Å². The number of aryl methyl sites for hydroxylation is 1. The highest BCUT2D eigenvalue weighted by Crippen LogP contribution is 2.28. The second-order valence-electron chi connectivity index (χ2n) is 9.66. The van der Waals surface area contributed by atoms with Crippen LogP contribution in [0.1, 0.15) is 40.1 Å². The van der Waals surface area contributed by atoms with Crippen molar-refractivity contribution >= 4 is 34.9 Å². The number of piperazine rings is 1. The van der Waals surface area contributed by atoms with E-state index in [-0.39, 0.29) is 17.8 Å². The third-order valence-corrected chi connectivity index (χ3v) is 7.10. The van der Waals surface area contributed by atoms with Crippen LogP contribution in [0.3, 0.4) is 0 Å². The minimum atomic E-state index is -0.273. The maximum Gasteiger partial charge on any atom is 0.321 e. The number of carbonyl (C=O) groups excluding carboxylic acids is 3. The maximum atomic E-state index is 13.5. The minimum absolute atomic E-state index is 0.0971. The SMILES string of the molecule is CCN(CC)C(=O)c1cc(NC(=O)c2ccc(OC)cc2)ccc1N1CCN(C(=O)Nc2ccc(C)cc2)CC1. The van der Waals surface area contributed by atoms with E-state index in [0.29, 0.717) is 61.8 Å². The molecule has 1 saturated heterocycles. The first kappa shape index (κ1) is 28.5. The Morgan fingerprint density at radius 1 is 0.825 bits per heavy atom. The molecule has 9 nitrogen and oxygen atoms in total. The predicted octanol–water partition coefficient (Wildman–Crippen LogP) is 5.09. The molecular weight excluding hydrogens is 506 g/mol. The first-order valence-electron chi connectivity index (χ1n) is 13.6. The van der Waals surface area contributed by atoms with Crippen LogP contribution in [0, 0.1) is 6.92 Å². The van der Waals surface area contributed by atoms with E-state index in [1.54, 1.807) is 47.2 Å². The number of nitrogens with zero attached hydrogens (tertiary/aromatic N) is 3. The van der Waals surface area contributed by atoms with Crippen LogP contribution < -0.4 is 20.3 Å². The first-order valence-corrected chi connectivity index (χ1v) is 13.6. The number of benzene rings is 3. The molecule has 1 aliphatic heterocycles. The van der Waals surface area contributed by atoms with Gasteiger partial charge in [0.25, 0.3) is 11.8 Å². The Morgan fingerprint density at radius 3 is 2.05 bits per heavy atom. The van der Waals surface area contributed by atoms with Gasteiger partial charge >= 0.3 is 6.03 Å². The van der Waals surface area contributed by atoms with Gasteiger partial charge in [-0.15, -0.1) is 0 Å². The van der Waals surface area contributed by atoms with E-state index >= 15 is 0 Å². The Morgan fingerprint density at radius 2 is 1.45 bits per heavy atom. The summed E-state index contributed by atoms with van der Waals surface area (Å²) in [6, 6.07) is 19.9. The molecule has 2 N–H and O–H groups in total. The van der Waals surface area contributed by atoms with Gasteiger partial charge in [0.15, 0.2) is 0 Å². The molecule has 1 fully saturated rings. The fourth-order valence-corrected chi connectivity index (χ4v) is 4.68. The number of anilines is 3. The summed E-state index contributed by atoms with van der Waals surface area (Å²) in [4.78, 5) is 44.9. The first-order chi connectivity index (χ1) is 19.3. The van der Waals surface area contributed by atoms with Crippen molar-refractivity contribution < 1.29 is 19.1 Å². The van der Waals surface area contributed by atoms with E-state index in [4.69, 9.17) is 4.74 Å². The molecule has 4 rings (SSSR count). The van der Waals surface area contributed by atoms with Crippen molar-refractivity contribution in [3.8, 4) is 5.75 Å². The van der Waals surface area contributed by atoms with E-state index in [1.165, 1.54) is 0 Å². The average Bonchev–Trinajstić information content (AvgIpc) is 2.99. The number of hydrogen-bond acceptors (Lipinski definition) is 5. The molecule has 0 atom stereocenters. The molecule has 1 heterocycles. The van der Waals surface area contributed by atoms with Crippen molar-refractivity contribution in [2.45, 2.75) is 20.8 Å². The van der Waals surface area contributed by atoms with Crippen molar-refractivity contribution in [2.75, 3.05) is 61.9 Å². The molecule has 40 heavy (non-hydrogen) atoms. The van der Waals surface area contributed by atoms with Crippen LogP contribution >= 0.6 is 0 Å². The lowest BCUT2D eigenvalue weighted by atomic mass is 10.1. The fourth-order valence-electron chi connectivity index (χ4n) is 4.68. The van der Waals surface area contributed by atoms with E-state index in [0.717, 1.165) is 16.9 Å². The molecule has 4 amide bonds. The van der Waals surface area contributed by atoms with Gasteiger partial charge in [0.05, 0.1) is 12.7 Å². The van der Waals surface area contributed by atoms with Gasteiger partial charge in [-0.3, -0.25) is 9.59 Å². The molecule has 3 aromatic rings. The number of nitrogens with one attached hydrogen (secondary N) is 2. The Balaban J connectivity index is 1.49. The van der Waals surface area contributed by atoms with Gasteiger partial charge < -0.3 is 30.1 Å². The number of methoxy groups -OCH3 is 1. The van der Waals surface area contributed by atoms with Crippen LogP contribution in [0.4, 0.5) is 21.9 Å². The lowest BCUT2D eigenvalue weighted by Gasteiger charge is -2.37. The molecule has 0 aromatic heterocycles. The van der Waals surface area contributed by atoms with Crippen molar-refractivity contribution in [3.63, 3.8) is 0 Å². The number of urea groups is 1. The van der Waals surface area contributed by atoms with Gasteiger partial charge in [-0.2, -0.15) is 0 Å². The summed E-state index contributed by atoms with van der Waals surface area (Å²) in [5.74, 6) is 0.297. The number of rotatable bonds is 8. The summed E-state index contributed by atoms with van der Waals surface area (Å²) in [6.07, 6.45) is 0. The molecule has 210 valence electrons. The quantitative estimate of drug-likeness (QED) is 0.413. The zero-order valence-corrected chi connectivity index (χ0v) is 23.6. The summed E-state index contributed by atoms with van der Waals surface area (Å²) in [7, 11) is 1.57. The number of hydrogen-bond donors (Lipinski definition) is 2. The highest BCUT2D eigenvalue weighted by Gasteiger charge is 2.26. The smallest absolute Gasteiger partial charge is 0.321 e. The highest BCUT2D eigenvalue weighted by molar-refractivity contribution is 6.06. The van der Waals surface area contributed by atoms with Crippen molar-refractivity contribution in [1.82, 2.24) is 9.80 Å². The molecule has 3 aromatic carbocycles. The van der Waals surface area contributed by atoms with Crippen LogP contribution in [-0.4, -0.2) is 74.0 Å². The van der Waals surface area contributed by atoms with E-state index < -0.39 is 0 Å². The van der Waals surface area contributed by atoms with Gasteiger partial charge in [0.2, 0.25) is 0 Å². The normalized spacial score (nSPS) is 13.0. The largest absolute Gasteiger partial charge is 0.497 e. The lowest BCUT2D eigenvalue weighted by Crippen LogP contribution is -2.50. The lowest BCUT2D eigenvalue weighted by molar-refractivity contribution is 0.0773. The van der Waals surface area contributed by atoms with Gasteiger partial charge in [0.1, 0.15) is 5.75 Å².